The minimum Gasteiger partial charge on any atom is -0.493 e. The fourth-order valence-corrected chi connectivity index (χ4v) is 1.77. The van der Waals surface area contributed by atoms with Crippen molar-refractivity contribution in [2.24, 2.45) is 5.84 Å². The van der Waals surface area contributed by atoms with Crippen LogP contribution in [-0.4, -0.2) is 17.2 Å². The van der Waals surface area contributed by atoms with Crippen LogP contribution >= 0.6 is 0 Å². The number of hydrogen-bond acceptors (Lipinski definition) is 6. The molecule has 0 saturated heterocycles. The summed E-state index contributed by atoms with van der Waals surface area (Å²) in [5, 5.41) is 9.10. The van der Waals surface area contributed by atoms with Crippen LogP contribution in [0.4, 0.5) is 5.82 Å². The van der Waals surface area contributed by atoms with Gasteiger partial charge >= 0.3 is 0 Å². The minimum absolute atomic E-state index is 0.0412. The van der Waals surface area contributed by atoms with Gasteiger partial charge in [0, 0.05) is 11.8 Å². The number of aliphatic hydroxyl groups is 1. The number of methoxy groups -OCH3 is 1. The number of hydrogen-bond donors (Lipinski definition) is 3. The number of nitrogens with one attached hydrogen (secondary N) is 1. The molecule has 0 aliphatic rings. The second-order valence-corrected chi connectivity index (χ2v) is 4.09. The van der Waals surface area contributed by atoms with E-state index in [1.807, 2.05) is 12.1 Å². The molecule has 1 heterocycles. The van der Waals surface area contributed by atoms with Crippen molar-refractivity contribution in [2.45, 2.75) is 13.2 Å². The summed E-state index contributed by atoms with van der Waals surface area (Å²) >= 11 is 0. The van der Waals surface area contributed by atoms with Gasteiger partial charge in [0.15, 0.2) is 11.5 Å². The molecule has 0 atom stereocenters. The number of nitrogen functional groups attached to an aromatic ring is 1. The van der Waals surface area contributed by atoms with Crippen molar-refractivity contribution < 1.29 is 14.6 Å². The Hall–Kier alpha value is -2.31. The van der Waals surface area contributed by atoms with Gasteiger partial charge in [0.2, 0.25) is 0 Å². The van der Waals surface area contributed by atoms with Gasteiger partial charge in [0.1, 0.15) is 12.4 Å². The fraction of sp³-hybridized carbons (Fsp3) is 0.214. The number of anilines is 1. The largest absolute Gasteiger partial charge is 0.493 e. The topological polar surface area (TPSA) is 89.6 Å². The molecular weight excluding hydrogens is 258 g/mol. The van der Waals surface area contributed by atoms with E-state index >= 15 is 0 Å². The van der Waals surface area contributed by atoms with Gasteiger partial charge < -0.3 is 20.0 Å². The Kier molecular flexibility index (Phi) is 4.75. The van der Waals surface area contributed by atoms with E-state index in [0.717, 1.165) is 11.1 Å². The Labute approximate surface area is 117 Å². The number of nitrogens with zero attached hydrogens (tertiary/aromatic N) is 1. The standard InChI is InChI=1S/C14H17N3O3/c1-19-13-7-10(8-18)4-5-12(13)20-9-11-3-2-6-16-14(11)17-15/h2-7,18H,8-9,15H2,1H3,(H,16,17). The van der Waals surface area contributed by atoms with Crippen molar-refractivity contribution in [1.82, 2.24) is 4.98 Å². The van der Waals surface area contributed by atoms with Crippen LogP contribution in [0.3, 0.4) is 0 Å². The van der Waals surface area contributed by atoms with Gasteiger partial charge in [0.05, 0.1) is 13.7 Å². The molecule has 0 saturated carbocycles. The van der Waals surface area contributed by atoms with Crippen molar-refractivity contribution in [2.75, 3.05) is 12.5 Å². The molecule has 0 bridgehead atoms. The van der Waals surface area contributed by atoms with Gasteiger partial charge in [-0.05, 0) is 23.8 Å². The average molecular weight is 275 g/mol. The Morgan fingerprint density at radius 1 is 1.30 bits per heavy atom. The highest BCUT2D eigenvalue weighted by Crippen LogP contribution is 2.29. The maximum Gasteiger partial charge on any atom is 0.161 e. The lowest BCUT2D eigenvalue weighted by Gasteiger charge is -2.13. The first kappa shape index (κ1) is 14.1. The molecule has 1 aromatic heterocycles. The Balaban J connectivity index is 2.14. The maximum absolute atomic E-state index is 9.10. The number of benzene rings is 1. The van der Waals surface area contributed by atoms with Crippen LogP contribution in [0.25, 0.3) is 0 Å². The smallest absolute Gasteiger partial charge is 0.161 e. The summed E-state index contributed by atoms with van der Waals surface area (Å²) in [6, 6.07) is 8.96. The maximum atomic E-state index is 9.10. The predicted molar refractivity (Wildman–Crippen MR) is 75.3 cm³/mol. The summed E-state index contributed by atoms with van der Waals surface area (Å²) in [5.74, 6) is 7.13. The highest BCUT2D eigenvalue weighted by atomic mass is 16.5. The van der Waals surface area contributed by atoms with Crippen molar-refractivity contribution in [3.63, 3.8) is 0 Å². The molecule has 20 heavy (non-hydrogen) atoms. The van der Waals surface area contributed by atoms with Crippen molar-refractivity contribution in [3.05, 3.63) is 47.7 Å². The summed E-state index contributed by atoms with van der Waals surface area (Å²) < 4.78 is 11.0. The second-order valence-electron chi connectivity index (χ2n) is 4.09. The van der Waals surface area contributed by atoms with Crippen LogP contribution in [0.15, 0.2) is 36.5 Å². The van der Waals surface area contributed by atoms with E-state index in [2.05, 4.69) is 10.4 Å². The molecule has 0 fully saturated rings. The molecule has 0 aliphatic carbocycles. The molecule has 106 valence electrons. The monoisotopic (exact) mass is 275 g/mol. The quantitative estimate of drug-likeness (QED) is 0.546. The number of rotatable bonds is 6. The molecule has 4 N–H and O–H groups in total. The van der Waals surface area contributed by atoms with E-state index < -0.39 is 0 Å². The van der Waals surface area contributed by atoms with E-state index in [0.29, 0.717) is 23.9 Å². The van der Waals surface area contributed by atoms with Gasteiger partial charge in [-0.25, -0.2) is 10.8 Å². The molecule has 1 aromatic carbocycles. The molecule has 2 aromatic rings. The van der Waals surface area contributed by atoms with Crippen LogP contribution in [0.2, 0.25) is 0 Å². The first-order chi connectivity index (χ1) is 9.78. The van der Waals surface area contributed by atoms with Gasteiger partial charge in [0.25, 0.3) is 0 Å². The lowest BCUT2D eigenvalue weighted by molar-refractivity contribution is 0.274. The molecule has 6 heteroatoms. The normalized spacial score (nSPS) is 10.2. The third-order valence-electron chi connectivity index (χ3n) is 2.82. The van der Waals surface area contributed by atoms with Gasteiger partial charge in [-0.2, -0.15) is 0 Å². The van der Waals surface area contributed by atoms with E-state index in [9.17, 15) is 0 Å². The SMILES string of the molecule is COc1cc(CO)ccc1OCc1cccnc1NN. The summed E-state index contributed by atoms with van der Waals surface area (Å²) in [5.41, 5.74) is 4.12. The highest BCUT2D eigenvalue weighted by molar-refractivity contribution is 5.45. The third-order valence-corrected chi connectivity index (χ3v) is 2.82. The fourth-order valence-electron chi connectivity index (χ4n) is 1.77. The number of aromatic nitrogens is 1. The van der Waals surface area contributed by atoms with Crippen molar-refractivity contribution in [3.8, 4) is 11.5 Å². The van der Waals surface area contributed by atoms with Crippen LogP contribution in [-0.2, 0) is 13.2 Å². The molecule has 6 nitrogen and oxygen atoms in total. The summed E-state index contributed by atoms with van der Waals surface area (Å²) in [4.78, 5) is 4.10. The van der Waals surface area contributed by atoms with E-state index in [4.69, 9.17) is 20.4 Å². The first-order valence-electron chi connectivity index (χ1n) is 6.09. The zero-order valence-electron chi connectivity index (χ0n) is 11.2. The number of ether oxygens (including phenoxy) is 2. The molecule has 0 amide bonds. The van der Waals surface area contributed by atoms with Crippen LogP contribution in [0.5, 0.6) is 11.5 Å². The third kappa shape index (κ3) is 3.17. The number of aliphatic hydroxyl groups excluding tert-OH is 1. The lowest BCUT2D eigenvalue weighted by atomic mass is 10.2. The lowest BCUT2D eigenvalue weighted by Crippen LogP contribution is -2.12. The van der Waals surface area contributed by atoms with E-state index in [1.54, 1.807) is 31.5 Å². The molecule has 2 rings (SSSR count). The van der Waals surface area contributed by atoms with Gasteiger partial charge in [-0.15, -0.1) is 0 Å². The molecule has 0 aliphatic heterocycles. The molecule has 0 unspecified atom stereocenters. The Bertz CT molecular complexity index is 575. The Morgan fingerprint density at radius 3 is 2.85 bits per heavy atom. The minimum atomic E-state index is -0.0412. The van der Waals surface area contributed by atoms with Gasteiger partial charge in [-0.1, -0.05) is 12.1 Å². The van der Waals surface area contributed by atoms with Crippen molar-refractivity contribution >= 4 is 5.82 Å². The molecular formula is C14H17N3O3. The zero-order chi connectivity index (χ0) is 14.4. The number of pyridine rings is 1. The van der Waals surface area contributed by atoms with E-state index in [-0.39, 0.29) is 6.61 Å². The van der Waals surface area contributed by atoms with Crippen LogP contribution < -0.4 is 20.7 Å². The molecule has 0 spiro atoms. The molecule has 0 radical (unpaired) electrons. The van der Waals surface area contributed by atoms with Crippen LogP contribution in [0, 0.1) is 0 Å². The van der Waals surface area contributed by atoms with Crippen LogP contribution in [0.1, 0.15) is 11.1 Å². The van der Waals surface area contributed by atoms with E-state index in [1.165, 1.54) is 0 Å². The average Bonchev–Trinajstić information content (AvgIpc) is 2.52. The van der Waals surface area contributed by atoms with Crippen molar-refractivity contribution in [1.29, 1.82) is 0 Å². The number of hydrazine groups is 1. The summed E-state index contributed by atoms with van der Waals surface area (Å²) in [7, 11) is 1.56. The summed E-state index contributed by atoms with van der Waals surface area (Å²) in [6.45, 7) is 0.267. The summed E-state index contributed by atoms with van der Waals surface area (Å²) in [6.07, 6.45) is 1.65. The second kappa shape index (κ2) is 6.74. The van der Waals surface area contributed by atoms with Gasteiger partial charge in [-0.3, -0.25) is 0 Å². The number of nitrogens with two attached hydrogens (primary N) is 1. The highest BCUT2D eigenvalue weighted by Gasteiger charge is 2.08. The predicted octanol–water partition coefficient (Wildman–Crippen LogP) is 1.45. The first-order valence-corrected chi connectivity index (χ1v) is 6.09. The zero-order valence-corrected chi connectivity index (χ0v) is 11.2. The Morgan fingerprint density at radius 2 is 2.15 bits per heavy atom.